The first kappa shape index (κ1) is 12.6. The number of nitrogens with zero attached hydrogens (tertiary/aromatic N) is 2. The van der Waals surface area contributed by atoms with Gasteiger partial charge in [-0.25, -0.2) is 10.0 Å². The second-order valence-corrected chi connectivity index (χ2v) is 5.45. The van der Waals surface area contributed by atoms with Crippen molar-refractivity contribution in [1.82, 2.24) is 10.0 Å². The number of hydrogen-bond donors (Lipinski definition) is 0. The third-order valence-electron chi connectivity index (χ3n) is 4.00. The normalized spacial score (nSPS) is 23.6. The highest BCUT2D eigenvalue weighted by atomic mass is 16.2. The van der Waals surface area contributed by atoms with E-state index < -0.39 is 0 Å². The van der Waals surface area contributed by atoms with Gasteiger partial charge in [0.15, 0.2) is 0 Å². The minimum atomic E-state index is 0.283. The Morgan fingerprint density at radius 3 is 2.47 bits per heavy atom. The quantitative estimate of drug-likeness (QED) is 0.688. The van der Waals surface area contributed by atoms with Crippen LogP contribution in [0.5, 0.6) is 0 Å². The molecular formula is C14H24N2O. The zero-order chi connectivity index (χ0) is 12.3. The van der Waals surface area contributed by atoms with Crippen LogP contribution < -0.4 is 0 Å². The lowest BCUT2D eigenvalue weighted by molar-refractivity contribution is -0.141. The molecule has 1 fully saturated rings. The molecule has 0 saturated heterocycles. The van der Waals surface area contributed by atoms with Crippen LogP contribution in [0.4, 0.5) is 0 Å². The maximum absolute atomic E-state index is 12.3. The Hall–Kier alpha value is -0.830. The molecule has 0 radical (unpaired) electrons. The SMILES string of the molecule is CC1=CCN(C)N1C(=O)CC1CCCCCC1. The van der Waals surface area contributed by atoms with Crippen LogP contribution in [0.15, 0.2) is 11.8 Å². The first-order chi connectivity index (χ1) is 8.18. The Kier molecular flexibility index (Phi) is 4.21. The third-order valence-corrected chi connectivity index (χ3v) is 4.00. The van der Waals surface area contributed by atoms with Crippen molar-refractivity contribution in [2.45, 2.75) is 51.9 Å². The van der Waals surface area contributed by atoms with E-state index in [0.29, 0.717) is 5.92 Å². The van der Waals surface area contributed by atoms with E-state index >= 15 is 0 Å². The average Bonchev–Trinajstić information content (AvgIpc) is 2.53. The molecule has 0 aromatic heterocycles. The highest BCUT2D eigenvalue weighted by Crippen LogP contribution is 2.27. The summed E-state index contributed by atoms with van der Waals surface area (Å²) in [6.07, 6.45) is 10.7. The Bertz CT molecular complexity index is 303. The Morgan fingerprint density at radius 2 is 1.94 bits per heavy atom. The fraction of sp³-hybridized carbons (Fsp3) is 0.786. The smallest absolute Gasteiger partial charge is 0.241 e. The summed E-state index contributed by atoms with van der Waals surface area (Å²) in [5.41, 5.74) is 1.09. The molecule has 0 aromatic rings. The minimum Gasteiger partial charge on any atom is -0.273 e. The van der Waals surface area contributed by atoms with E-state index in [2.05, 4.69) is 6.08 Å². The second kappa shape index (κ2) is 5.67. The lowest BCUT2D eigenvalue weighted by Gasteiger charge is -2.27. The number of amides is 1. The fourth-order valence-electron chi connectivity index (χ4n) is 2.99. The van der Waals surface area contributed by atoms with Crippen molar-refractivity contribution in [3.8, 4) is 0 Å². The largest absolute Gasteiger partial charge is 0.273 e. The Balaban J connectivity index is 1.89. The predicted molar refractivity (Wildman–Crippen MR) is 69.0 cm³/mol. The molecule has 1 saturated carbocycles. The van der Waals surface area contributed by atoms with E-state index in [1.807, 2.05) is 24.0 Å². The topological polar surface area (TPSA) is 23.6 Å². The van der Waals surface area contributed by atoms with Crippen LogP contribution in [0.1, 0.15) is 51.9 Å². The monoisotopic (exact) mass is 236 g/mol. The van der Waals surface area contributed by atoms with E-state index in [0.717, 1.165) is 18.7 Å². The van der Waals surface area contributed by atoms with Gasteiger partial charge in [-0.2, -0.15) is 0 Å². The number of rotatable bonds is 2. The molecule has 1 amide bonds. The number of hydrogen-bond acceptors (Lipinski definition) is 2. The minimum absolute atomic E-state index is 0.283. The van der Waals surface area contributed by atoms with Crippen LogP contribution in [0.3, 0.4) is 0 Å². The van der Waals surface area contributed by atoms with Gasteiger partial charge in [0.05, 0.1) is 0 Å². The van der Waals surface area contributed by atoms with E-state index in [1.54, 1.807) is 0 Å². The molecule has 0 unspecified atom stereocenters. The molecule has 3 heteroatoms. The van der Waals surface area contributed by atoms with Gasteiger partial charge in [-0.3, -0.25) is 4.79 Å². The summed E-state index contributed by atoms with van der Waals surface area (Å²) in [6, 6.07) is 0. The number of carbonyl (C=O) groups excluding carboxylic acids is 1. The van der Waals surface area contributed by atoms with Crippen molar-refractivity contribution in [3.63, 3.8) is 0 Å². The van der Waals surface area contributed by atoms with Crippen LogP contribution in [0.2, 0.25) is 0 Å². The summed E-state index contributed by atoms with van der Waals surface area (Å²) in [7, 11) is 1.98. The second-order valence-electron chi connectivity index (χ2n) is 5.45. The van der Waals surface area contributed by atoms with E-state index in [1.165, 1.54) is 38.5 Å². The Morgan fingerprint density at radius 1 is 1.29 bits per heavy atom. The summed E-state index contributed by atoms with van der Waals surface area (Å²) in [4.78, 5) is 12.3. The van der Waals surface area contributed by atoms with Gasteiger partial charge in [0.1, 0.15) is 0 Å². The number of hydrazine groups is 1. The maximum Gasteiger partial charge on any atom is 0.241 e. The van der Waals surface area contributed by atoms with Crippen LogP contribution >= 0.6 is 0 Å². The van der Waals surface area contributed by atoms with E-state index in [-0.39, 0.29) is 5.91 Å². The molecule has 0 spiro atoms. The average molecular weight is 236 g/mol. The van der Waals surface area contributed by atoms with Crippen LogP contribution in [0.25, 0.3) is 0 Å². The first-order valence-electron chi connectivity index (χ1n) is 6.89. The molecule has 17 heavy (non-hydrogen) atoms. The lowest BCUT2D eigenvalue weighted by Crippen LogP contribution is -2.39. The van der Waals surface area contributed by atoms with Gasteiger partial charge in [-0.1, -0.05) is 25.7 Å². The van der Waals surface area contributed by atoms with Gasteiger partial charge in [0.25, 0.3) is 0 Å². The van der Waals surface area contributed by atoms with Gasteiger partial charge < -0.3 is 0 Å². The lowest BCUT2D eigenvalue weighted by atomic mass is 9.96. The predicted octanol–water partition coefficient (Wildman–Crippen LogP) is 2.94. The van der Waals surface area contributed by atoms with Gasteiger partial charge in [0, 0.05) is 25.7 Å². The number of allylic oxidation sites excluding steroid dienone is 1. The molecule has 0 aromatic carbocycles. The number of likely N-dealkylation sites (N-methyl/N-ethyl adjacent to an activating group) is 1. The molecule has 2 aliphatic rings. The molecule has 1 aliphatic heterocycles. The molecule has 96 valence electrons. The van der Waals surface area contributed by atoms with Crippen molar-refractivity contribution in [1.29, 1.82) is 0 Å². The van der Waals surface area contributed by atoms with Gasteiger partial charge >= 0.3 is 0 Å². The van der Waals surface area contributed by atoms with Crippen molar-refractivity contribution >= 4 is 5.91 Å². The van der Waals surface area contributed by atoms with Crippen molar-refractivity contribution in [2.24, 2.45) is 5.92 Å². The molecule has 0 atom stereocenters. The van der Waals surface area contributed by atoms with Crippen LogP contribution in [-0.2, 0) is 4.79 Å². The summed E-state index contributed by atoms with van der Waals surface area (Å²) < 4.78 is 0. The number of carbonyl (C=O) groups is 1. The van der Waals surface area contributed by atoms with Crippen molar-refractivity contribution < 1.29 is 4.79 Å². The van der Waals surface area contributed by atoms with E-state index in [9.17, 15) is 4.79 Å². The summed E-state index contributed by atoms with van der Waals surface area (Å²) in [5.74, 6) is 0.900. The van der Waals surface area contributed by atoms with Gasteiger partial charge in [-0.15, -0.1) is 0 Å². The molecule has 2 rings (SSSR count). The zero-order valence-corrected chi connectivity index (χ0v) is 11.1. The zero-order valence-electron chi connectivity index (χ0n) is 11.1. The molecule has 1 aliphatic carbocycles. The third kappa shape index (κ3) is 3.09. The molecule has 1 heterocycles. The standard InChI is InChI=1S/C14H24N2O/c1-12-9-10-15(2)16(12)14(17)11-13-7-5-3-4-6-8-13/h9,13H,3-8,10-11H2,1-2H3. The molecular weight excluding hydrogens is 212 g/mol. The Labute approximate surface area is 104 Å². The summed E-state index contributed by atoms with van der Waals surface area (Å²) >= 11 is 0. The summed E-state index contributed by atoms with van der Waals surface area (Å²) in [6.45, 7) is 2.89. The van der Waals surface area contributed by atoms with Gasteiger partial charge in [0.2, 0.25) is 5.91 Å². The first-order valence-corrected chi connectivity index (χ1v) is 6.89. The fourth-order valence-corrected chi connectivity index (χ4v) is 2.99. The van der Waals surface area contributed by atoms with Crippen LogP contribution in [-0.4, -0.2) is 29.5 Å². The highest BCUT2D eigenvalue weighted by Gasteiger charge is 2.26. The van der Waals surface area contributed by atoms with Crippen molar-refractivity contribution in [3.05, 3.63) is 11.8 Å². The molecule has 3 nitrogen and oxygen atoms in total. The molecule has 0 bridgehead atoms. The highest BCUT2D eigenvalue weighted by molar-refractivity contribution is 5.78. The van der Waals surface area contributed by atoms with Crippen LogP contribution in [0, 0.1) is 5.92 Å². The van der Waals surface area contributed by atoms with E-state index in [4.69, 9.17) is 0 Å². The van der Waals surface area contributed by atoms with Crippen molar-refractivity contribution in [2.75, 3.05) is 13.6 Å². The maximum atomic E-state index is 12.3. The summed E-state index contributed by atoms with van der Waals surface area (Å²) in [5, 5.41) is 3.86. The molecule has 0 N–H and O–H groups in total. The van der Waals surface area contributed by atoms with Gasteiger partial charge in [-0.05, 0) is 31.8 Å².